The smallest absolute Gasteiger partial charge is 0.255 e. The van der Waals surface area contributed by atoms with Gasteiger partial charge in [-0.25, -0.2) is 0 Å². The van der Waals surface area contributed by atoms with Gasteiger partial charge in [-0.05, 0) is 48.4 Å². The van der Waals surface area contributed by atoms with Crippen LogP contribution >= 0.6 is 0 Å². The second-order valence-electron chi connectivity index (χ2n) is 7.24. The highest BCUT2D eigenvalue weighted by atomic mass is 16.2. The number of carbonyl (C=O) groups excluding carboxylic acids is 4. The summed E-state index contributed by atoms with van der Waals surface area (Å²) in [6, 6.07) is 13.8. The molecule has 2 aromatic carbocycles. The molecule has 2 saturated heterocycles. The lowest BCUT2D eigenvalue weighted by Gasteiger charge is -2.16. The molecule has 7 nitrogen and oxygen atoms in total. The van der Waals surface area contributed by atoms with Crippen LogP contribution in [-0.2, 0) is 20.9 Å². The van der Waals surface area contributed by atoms with E-state index in [1.165, 1.54) is 0 Å². The molecule has 1 N–H and O–H groups in total. The number of rotatable bonds is 5. The Morgan fingerprint density at radius 2 is 1.62 bits per heavy atom. The van der Waals surface area contributed by atoms with E-state index in [0.717, 1.165) is 23.4 Å². The average molecular weight is 391 g/mol. The molecule has 148 valence electrons. The van der Waals surface area contributed by atoms with Crippen LogP contribution in [0.15, 0.2) is 48.5 Å². The molecule has 7 heteroatoms. The van der Waals surface area contributed by atoms with Gasteiger partial charge in [0.05, 0.1) is 5.69 Å². The van der Waals surface area contributed by atoms with Gasteiger partial charge in [-0.2, -0.15) is 0 Å². The number of hydrogen-bond acceptors (Lipinski definition) is 4. The van der Waals surface area contributed by atoms with Gasteiger partial charge in [0.25, 0.3) is 5.91 Å². The molecular weight excluding hydrogens is 370 g/mol. The van der Waals surface area contributed by atoms with E-state index in [4.69, 9.17) is 0 Å². The second kappa shape index (κ2) is 7.87. The van der Waals surface area contributed by atoms with Crippen LogP contribution in [0.4, 0.5) is 11.4 Å². The number of nitrogens with zero attached hydrogens (tertiary/aromatic N) is 2. The molecule has 0 bridgehead atoms. The highest BCUT2D eigenvalue weighted by Gasteiger charge is 2.30. The maximum atomic E-state index is 12.6. The van der Waals surface area contributed by atoms with Crippen molar-refractivity contribution in [2.24, 2.45) is 0 Å². The Balaban J connectivity index is 1.43. The van der Waals surface area contributed by atoms with Crippen molar-refractivity contribution >= 4 is 35.0 Å². The van der Waals surface area contributed by atoms with Gasteiger partial charge in [0.1, 0.15) is 0 Å². The second-order valence-corrected chi connectivity index (χ2v) is 7.24. The Bertz CT molecular complexity index is 968. The lowest BCUT2D eigenvalue weighted by atomic mass is 10.1. The molecule has 2 aliphatic heterocycles. The number of hydrogen-bond donors (Lipinski definition) is 1. The van der Waals surface area contributed by atoms with Crippen molar-refractivity contribution in [1.82, 2.24) is 4.90 Å². The fraction of sp³-hybridized carbons (Fsp3) is 0.273. The molecule has 0 aliphatic carbocycles. The summed E-state index contributed by atoms with van der Waals surface area (Å²) in [4.78, 5) is 51.0. The number of anilines is 2. The maximum Gasteiger partial charge on any atom is 0.255 e. The van der Waals surface area contributed by atoms with Crippen LogP contribution in [0, 0.1) is 0 Å². The molecule has 2 aliphatic rings. The number of nitrogens with one attached hydrogen (secondary N) is 1. The molecule has 0 spiro atoms. The maximum absolute atomic E-state index is 12.6. The number of imide groups is 1. The average Bonchev–Trinajstić information content (AvgIpc) is 3.27. The first-order valence-electron chi connectivity index (χ1n) is 9.65. The fourth-order valence-corrected chi connectivity index (χ4v) is 3.67. The molecule has 0 atom stereocenters. The SMILES string of the molecule is O=C(Nc1cccc(CN2CCCC2=O)c1)c1ccc(N2C(=O)CCC2=O)cc1. The van der Waals surface area contributed by atoms with Crippen LogP contribution in [-0.4, -0.2) is 35.1 Å². The summed E-state index contributed by atoms with van der Waals surface area (Å²) in [7, 11) is 0. The van der Waals surface area contributed by atoms with E-state index >= 15 is 0 Å². The molecule has 4 amide bonds. The van der Waals surface area contributed by atoms with Gasteiger partial charge in [-0.1, -0.05) is 12.1 Å². The lowest BCUT2D eigenvalue weighted by molar-refractivity contribution is -0.128. The third kappa shape index (κ3) is 4.03. The Kier molecular flexibility index (Phi) is 5.12. The molecule has 29 heavy (non-hydrogen) atoms. The molecule has 2 heterocycles. The zero-order valence-corrected chi connectivity index (χ0v) is 15.9. The minimum absolute atomic E-state index is 0.162. The van der Waals surface area contributed by atoms with Crippen molar-refractivity contribution < 1.29 is 19.2 Å². The zero-order valence-electron chi connectivity index (χ0n) is 15.9. The summed E-state index contributed by atoms with van der Waals surface area (Å²) >= 11 is 0. The molecular formula is C22H21N3O4. The zero-order chi connectivity index (χ0) is 20.4. The van der Waals surface area contributed by atoms with Crippen LogP contribution in [0.5, 0.6) is 0 Å². The Morgan fingerprint density at radius 1 is 0.897 bits per heavy atom. The molecule has 0 aromatic heterocycles. The lowest BCUT2D eigenvalue weighted by Crippen LogP contribution is -2.28. The number of carbonyl (C=O) groups is 4. The van der Waals surface area contributed by atoms with Gasteiger partial charge in [0.2, 0.25) is 17.7 Å². The third-order valence-corrected chi connectivity index (χ3v) is 5.17. The molecule has 2 aromatic rings. The van der Waals surface area contributed by atoms with Gasteiger partial charge in [0.15, 0.2) is 0 Å². The number of likely N-dealkylation sites (tertiary alicyclic amines) is 1. The van der Waals surface area contributed by atoms with Crippen molar-refractivity contribution in [1.29, 1.82) is 0 Å². The van der Waals surface area contributed by atoms with E-state index in [1.807, 2.05) is 23.1 Å². The molecule has 0 radical (unpaired) electrons. The van der Waals surface area contributed by atoms with Crippen LogP contribution in [0.25, 0.3) is 0 Å². The van der Waals surface area contributed by atoms with Gasteiger partial charge >= 0.3 is 0 Å². The molecule has 0 saturated carbocycles. The van der Waals surface area contributed by atoms with Gasteiger partial charge in [-0.15, -0.1) is 0 Å². The summed E-state index contributed by atoms with van der Waals surface area (Å²) in [5.41, 5.74) is 2.51. The monoisotopic (exact) mass is 391 g/mol. The topological polar surface area (TPSA) is 86.8 Å². The minimum Gasteiger partial charge on any atom is -0.338 e. The Hall–Kier alpha value is -3.48. The molecule has 4 rings (SSSR count). The van der Waals surface area contributed by atoms with Gasteiger partial charge < -0.3 is 10.2 Å². The standard InChI is InChI=1S/C22H21N3O4/c26-19-5-2-12-24(19)14-15-3-1-4-17(13-15)23-22(29)16-6-8-18(9-7-16)25-20(27)10-11-21(25)28/h1,3-4,6-9,13H,2,5,10-12,14H2,(H,23,29). The third-order valence-electron chi connectivity index (χ3n) is 5.17. The number of benzene rings is 2. The first kappa shape index (κ1) is 18.9. The summed E-state index contributed by atoms with van der Waals surface area (Å²) in [5, 5.41) is 2.85. The molecule has 0 unspecified atom stereocenters. The predicted molar refractivity (Wildman–Crippen MR) is 107 cm³/mol. The summed E-state index contributed by atoms with van der Waals surface area (Å²) in [6.45, 7) is 1.30. The Morgan fingerprint density at radius 3 is 2.28 bits per heavy atom. The predicted octanol–water partition coefficient (Wildman–Crippen LogP) is 2.71. The normalized spacial score (nSPS) is 16.6. The van der Waals surface area contributed by atoms with E-state index in [9.17, 15) is 19.2 Å². The quantitative estimate of drug-likeness (QED) is 0.794. The van der Waals surface area contributed by atoms with E-state index in [-0.39, 0.29) is 36.5 Å². The van der Waals surface area contributed by atoms with Crippen LogP contribution in [0.2, 0.25) is 0 Å². The summed E-state index contributed by atoms with van der Waals surface area (Å²) < 4.78 is 0. The van der Waals surface area contributed by atoms with Crippen LogP contribution in [0.3, 0.4) is 0 Å². The van der Waals surface area contributed by atoms with Crippen LogP contribution in [0.1, 0.15) is 41.6 Å². The van der Waals surface area contributed by atoms with Crippen LogP contribution < -0.4 is 10.2 Å². The first-order valence-corrected chi connectivity index (χ1v) is 9.65. The van der Waals surface area contributed by atoms with Crippen molar-refractivity contribution in [2.45, 2.75) is 32.2 Å². The minimum atomic E-state index is -0.287. The fourth-order valence-electron chi connectivity index (χ4n) is 3.67. The van der Waals surface area contributed by atoms with E-state index < -0.39 is 0 Å². The van der Waals surface area contributed by atoms with E-state index in [1.54, 1.807) is 30.3 Å². The molecule has 2 fully saturated rings. The van der Waals surface area contributed by atoms with Crippen molar-refractivity contribution in [3.63, 3.8) is 0 Å². The van der Waals surface area contributed by atoms with Gasteiger partial charge in [0, 0.05) is 43.6 Å². The van der Waals surface area contributed by atoms with Gasteiger partial charge in [-0.3, -0.25) is 24.1 Å². The number of amides is 4. The summed E-state index contributed by atoms with van der Waals surface area (Å²) in [5.74, 6) is -0.569. The van der Waals surface area contributed by atoms with E-state index in [2.05, 4.69) is 5.32 Å². The van der Waals surface area contributed by atoms with Crippen molar-refractivity contribution in [3.05, 3.63) is 59.7 Å². The highest BCUT2D eigenvalue weighted by Crippen LogP contribution is 2.23. The first-order chi connectivity index (χ1) is 14.0. The highest BCUT2D eigenvalue weighted by molar-refractivity contribution is 6.20. The Labute approximate surface area is 168 Å². The largest absolute Gasteiger partial charge is 0.338 e. The van der Waals surface area contributed by atoms with Crippen molar-refractivity contribution in [2.75, 3.05) is 16.8 Å². The van der Waals surface area contributed by atoms with E-state index in [0.29, 0.717) is 29.9 Å². The summed E-state index contributed by atoms with van der Waals surface area (Å²) in [6.07, 6.45) is 1.93. The van der Waals surface area contributed by atoms with Crippen molar-refractivity contribution in [3.8, 4) is 0 Å².